The van der Waals surface area contributed by atoms with Crippen LogP contribution in [0.2, 0.25) is 0 Å². The van der Waals surface area contributed by atoms with E-state index in [1.165, 1.54) is 4.88 Å². The molecule has 0 aliphatic heterocycles. The van der Waals surface area contributed by atoms with Crippen molar-refractivity contribution in [3.05, 3.63) is 16.1 Å². The SMILES string of the molecule is Cc1ncsc1CN(CCO)CCCO. The van der Waals surface area contributed by atoms with Crippen LogP contribution in [0, 0.1) is 6.92 Å². The molecule has 1 aromatic rings. The lowest BCUT2D eigenvalue weighted by molar-refractivity contribution is 0.175. The van der Waals surface area contributed by atoms with Gasteiger partial charge in [0.2, 0.25) is 0 Å². The average molecular weight is 230 g/mol. The van der Waals surface area contributed by atoms with E-state index in [0.29, 0.717) is 6.54 Å². The number of aliphatic hydroxyl groups excluding tert-OH is 2. The van der Waals surface area contributed by atoms with Crippen LogP contribution in [0.5, 0.6) is 0 Å². The van der Waals surface area contributed by atoms with Crippen LogP contribution in [-0.4, -0.2) is 46.4 Å². The maximum absolute atomic E-state index is 8.92. The first-order chi connectivity index (χ1) is 7.27. The van der Waals surface area contributed by atoms with E-state index in [9.17, 15) is 0 Å². The molecule has 0 spiro atoms. The van der Waals surface area contributed by atoms with Gasteiger partial charge in [-0.1, -0.05) is 0 Å². The second-order valence-corrected chi connectivity index (χ2v) is 4.38. The van der Waals surface area contributed by atoms with Crippen LogP contribution in [0.25, 0.3) is 0 Å². The normalized spacial score (nSPS) is 11.2. The molecule has 1 rings (SSSR count). The smallest absolute Gasteiger partial charge is 0.0798 e. The Morgan fingerprint density at radius 2 is 2.13 bits per heavy atom. The zero-order valence-corrected chi connectivity index (χ0v) is 9.83. The van der Waals surface area contributed by atoms with Crippen molar-refractivity contribution < 1.29 is 10.2 Å². The summed E-state index contributed by atoms with van der Waals surface area (Å²) in [6, 6.07) is 0. The fourth-order valence-electron chi connectivity index (χ4n) is 1.39. The molecule has 0 fully saturated rings. The molecule has 0 aliphatic carbocycles. The number of aromatic nitrogens is 1. The Labute approximate surface area is 94.2 Å². The summed E-state index contributed by atoms with van der Waals surface area (Å²) in [5.41, 5.74) is 2.90. The van der Waals surface area contributed by atoms with Gasteiger partial charge in [0.1, 0.15) is 0 Å². The van der Waals surface area contributed by atoms with E-state index in [-0.39, 0.29) is 13.2 Å². The lowest BCUT2D eigenvalue weighted by Gasteiger charge is -2.20. The topological polar surface area (TPSA) is 56.6 Å². The van der Waals surface area contributed by atoms with Crippen molar-refractivity contribution in [3.8, 4) is 0 Å². The monoisotopic (exact) mass is 230 g/mol. The largest absolute Gasteiger partial charge is 0.396 e. The third-order valence-electron chi connectivity index (χ3n) is 2.26. The summed E-state index contributed by atoms with van der Waals surface area (Å²) in [5.74, 6) is 0. The van der Waals surface area contributed by atoms with E-state index in [4.69, 9.17) is 10.2 Å². The molecule has 5 heteroatoms. The Morgan fingerprint density at radius 1 is 1.33 bits per heavy atom. The highest BCUT2D eigenvalue weighted by Gasteiger charge is 2.08. The Balaban J connectivity index is 2.46. The van der Waals surface area contributed by atoms with E-state index >= 15 is 0 Å². The summed E-state index contributed by atoms with van der Waals surface area (Å²) in [5, 5.41) is 17.7. The number of nitrogens with zero attached hydrogens (tertiary/aromatic N) is 2. The van der Waals surface area contributed by atoms with Crippen LogP contribution < -0.4 is 0 Å². The molecule has 0 atom stereocenters. The molecule has 15 heavy (non-hydrogen) atoms. The third-order valence-corrected chi connectivity index (χ3v) is 3.18. The molecule has 0 aromatic carbocycles. The van der Waals surface area contributed by atoms with Crippen LogP contribution in [0.3, 0.4) is 0 Å². The van der Waals surface area contributed by atoms with Crippen LogP contribution >= 0.6 is 11.3 Å². The van der Waals surface area contributed by atoms with Crippen molar-refractivity contribution in [2.75, 3.05) is 26.3 Å². The number of aliphatic hydroxyl groups is 2. The lowest BCUT2D eigenvalue weighted by Crippen LogP contribution is -2.28. The van der Waals surface area contributed by atoms with Gasteiger partial charge in [0.25, 0.3) is 0 Å². The first-order valence-corrected chi connectivity index (χ1v) is 5.99. The van der Waals surface area contributed by atoms with Gasteiger partial charge in [-0.05, 0) is 13.3 Å². The van der Waals surface area contributed by atoms with Crippen LogP contribution in [0.4, 0.5) is 0 Å². The van der Waals surface area contributed by atoms with Gasteiger partial charge in [0.05, 0.1) is 17.8 Å². The summed E-state index contributed by atoms with van der Waals surface area (Å²) >= 11 is 1.64. The summed E-state index contributed by atoms with van der Waals surface area (Å²) in [4.78, 5) is 7.56. The van der Waals surface area contributed by atoms with Crippen LogP contribution in [0.15, 0.2) is 5.51 Å². The highest BCUT2D eigenvalue weighted by Crippen LogP contribution is 2.14. The van der Waals surface area contributed by atoms with Crippen LogP contribution in [0.1, 0.15) is 17.0 Å². The summed E-state index contributed by atoms with van der Waals surface area (Å²) < 4.78 is 0. The van der Waals surface area contributed by atoms with Gasteiger partial charge < -0.3 is 10.2 Å². The Hall–Kier alpha value is -0.490. The third kappa shape index (κ3) is 4.25. The minimum absolute atomic E-state index is 0.156. The highest BCUT2D eigenvalue weighted by atomic mass is 32.1. The van der Waals surface area contributed by atoms with Gasteiger partial charge in [-0.2, -0.15) is 0 Å². The number of hydrogen-bond acceptors (Lipinski definition) is 5. The quantitative estimate of drug-likeness (QED) is 0.721. The fraction of sp³-hybridized carbons (Fsp3) is 0.700. The van der Waals surface area contributed by atoms with Crippen molar-refractivity contribution in [1.29, 1.82) is 0 Å². The molecule has 2 N–H and O–H groups in total. The molecular weight excluding hydrogens is 212 g/mol. The summed E-state index contributed by atoms with van der Waals surface area (Å²) in [7, 11) is 0. The second-order valence-electron chi connectivity index (χ2n) is 3.44. The summed E-state index contributed by atoms with van der Waals surface area (Å²) in [6.07, 6.45) is 0.748. The predicted octanol–water partition coefficient (Wildman–Crippen LogP) is 0.628. The van der Waals surface area contributed by atoms with Gasteiger partial charge in [0.15, 0.2) is 0 Å². The molecule has 86 valence electrons. The van der Waals surface area contributed by atoms with Crippen molar-refractivity contribution in [3.63, 3.8) is 0 Å². The molecule has 0 saturated heterocycles. The molecule has 0 saturated carbocycles. The molecule has 1 heterocycles. The molecule has 0 amide bonds. The van der Waals surface area contributed by atoms with E-state index in [2.05, 4.69) is 9.88 Å². The predicted molar refractivity (Wildman–Crippen MR) is 60.9 cm³/mol. The first-order valence-electron chi connectivity index (χ1n) is 5.11. The van der Waals surface area contributed by atoms with Crippen LogP contribution in [-0.2, 0) is 6.54 Å². The maximum Gasteiger partial charge on any atom is 0.0798 e. The lowest BCUT2D eigenvalue weighted by atomic mass is 10.3. The minimum atomic E-state index is 0.156. The van der Waals surface area contributed by atoms with Gasteiger partial charge in [-0.3, -0.25) is 4.90 Å². The van der Waals surface area contributed by atoms with E-state index < -0.39 is 0 Å². The standard InChI is InChI=1S/C10H18N2O2S/c1-9-10(15-8-11-9)7-12(4-6-14)3-2-5-13/h8,13-14H,2-7H2,1H3. The molecule has 0 radical (unpaired) electrons. The zero-order chi connectivity index (χ0) is 11.1. The van der Waals surface area contributed by atoms with Crippen molar-refractivity contribution in [2.24, 2.45) is 0 Å². The molecule has 1 aromatic heterocycles. The Morgan fingerprint density at radius 3 is 2.67 bits per heavy atom. The summed E-state index contributed by atoms with van der Waals surface area (Å²) in [6.45, 7) is 4.63. The second kappa shape index (κ2) is 6.90. The minimum Gasteiger partial charge on any atom is -0.396 e. The van der Waals surface area contributed by atoms with E-state index in [1.807, 2.05) is 12.4 Å². The van der Waals surface area contributed by atoms with Gasteiger partial charge in [-0.15, -0.1) is 11.3 Å². The van der Waals surface area contributed by atoms with E-state index in [0.717, 1.165) is 25.2 Å². The Kier molecular flexibility index (Phi) is 5.78. The van der Waals surface area contributed by atoms with Crippen molar-refractivity contribution in [2.45, 2.75) is 19.9 Å². The van der Waals surface area contributed by atoms with Crippen molar-refractivity contribution in [1.82, 2.24) is 9.88 Å². The fourth-order valence-corrected chi connectivity index (χ4v) is 2.21. The molecular formula is C10H18N2O2S. The van der Waals surface area contributed by atoms with Gasteiger partial charge >= 0.3 is 0 Å². The maximum atomic E-state index is 8.92. The van der Waals surface area contributed by atoms with Gasteiger partial charge in [-0.25, -0.2) is 4.98 Å². The molecule has 0 unspecified atom stereocenters. The number of aryl methyl sites for hydroxylation is 1. The Bertz CT molecular complexity index is 278. The van der Waals surface area contributed by atoms with Gasteiger partial charge in [0, 0.05) is 31.1 Å². The van der Waals surface area contributed by atoms with Crippen molar-refractivity contribution >= 4 is 11.3 Å². The molecule has 0 bridgehead atoms. The number of rotatable bonds is 7. The number of hydrogen-bond donors (Lipinski definition) is 2. The zero-order valence-electron chi connectivity index (χ0n) is 9.02. The number of thiazole rings is 1. The average Bonchev–Trinajstić information content (AvgIpc) is 2.61. The van der Waals surface area contributed by atoms with E-state index in [1.54, 1.807) is 11.3 Å². The highest BCUT2D eigenvalue weighted by molar-refractivity contribution is 7.09. The first kappa shape index (κ1) is 12.6. The molecule has 0 aliphatic rings. The molecule has 4 nitrogen and oxygen atoms in total.